The minimum absolute atomic E-state index is 0.0137. The van der Waals surface area contributed by atoms with Crippen molar-refractivity contribution in [2.24, 2.45) is 0 Å². The van der Waals surface area contributed by atoms with Gasteiger partial charge in [0.15, 0.2) is 0 Å². The highest BCUT2D eigenvalue weighted by molar-refractivity contribution is 5.95. The van der Waals surface area contributed by atoms with E-state index in [-0.39, 0.29) is 23.5 Å². The molecule has 0 saturated carbocycles. The Labute approximate surface area is 97.0 Å². The van der Waals surface area contributed by atoms with Crippen molar-refractivity contribution >= 4 is 17.3 Å². The van der Waals surface area contributed by atoms with Crippen LogP contribution in [0.5, 0.6) is 0 Å². The molecule has 0 fully saturated rings. The zero-order chi connectivity index (χ0) is 12.8. The second-order valence-corrected chi connectivity index (χ2v) is 3.18. The van der Waals surface area contributed by atoms with E-state index < -0.39 is 17.5 Å². The van der Waals surface area contributed by atoms with E-state index in [2.05, 4.69) is 10.6 Å². The number of carbonyl (C=O) groups excluding carboxylic acids is 1. The number of anilines is 1. The third-order valence-corrected chi connectivity index (χ3v) is 2.09. The summed E-state index contributed by atoms with van der Waals surface area (Å²) < 4.78 is 12.0. The minimum Gasteiger partial charge on any atom is -0.377 e. The quantitative estimate of drug-likeness (QED) is 0.601. The molecular formula is C10H12FN3O3. The maximum absolute atomic E-state index is 12.0. The molecule has 7 heteroatoms. The number of benzene rings is 1. The Balaban J connectivity index is 3.08. The van der Waals surface area contributed by atoms with Gasteiger partial charge in [0.05, 0.1) is 4.92 Å². The molecule has 1 rings (SSSR count). The summed E-state index contributed by atoms with van der Waals surface area (Å²) in [4.78, 5) is 21.5. The number of rotatable bonds is 5. The maximum atomic E-state index is 12.0. The molecule has 0 aliphatic rings. The van der Waals surface area contributed by atoms with E-state index in [1.807, 2.05) is 0 Å². The first kappa shape index (κ1) is 12.9. The Hall–Kier alpha value is -2.18. The standard InChI is InChI=1S/C10H12FN3O3/c1-12-10(15)7-2-3-8(13-5-4-11)9(6-7)14(16)17/h2-3,6,13H,4-5H2,1H3,(H,12,15). The van der Waals surface area contributed by atoms with Gasteiger partial charge in [-0.3, -0.25) is 14.9 Å². The van der Waals surface area contributed by atoms with Gasteiger partial charge in [-0.05, 0) is 12.1 Å². The molecule has 1 aromatic carbocycles. The number of halogens is 1. The molecule has 92 valence electrons. The largest absolute Gasteiger partial charge is 0.377 e. The van der Waals surface area contributed by atoms with Gasteiger partial charge in [-0.1, -0.05) is 0 Å². The van der Waals surface area contributed by atoms with Gasteiger partial charge in [-0.2, -0.15) is 0 Å². The molecule has 0 aliphatic carbocycles. The fourth-order valence-corrected chi connectivity index (χ4v) is 1.30. The number of nitrogens with one attached hydrogen (secondary N) is 2. The van der Waals surface area contributed by atoms with Crippen LogP contribution in [0.2, 0.25) is 0 Å². The zero-order valence-electron chi connectivity index (χ0n) is 9.20. The van der Waals surface area contributed by atoms with E-state index in [0.717, 1.165) is 6.07 Å². The summed E-state index contributed by atoms with van der Waals surface area (Å²) >= 11 is 0. The van der Waals surface area contributed by atoms with Crippen LogP contribution in [0.1, 0.15) is 10.4 Å². The normalized spacial score (nSPS) is 9.76. The molecule has 0 radical (unpaired) electrons. The Bertz CT molecular complexity index is 437. The van der Waals surface area contributed by atoms with Crippen LogP contribution >= 0.6 is 0 Å². The molecular weight excluding hydrogens is 229 g/mol. The molecule has 0 saturated heterocycles. The van der Waals surface area contributed by atoms with Gasteiger partial charge in [-0.25, -0.2) is 4.39 Å². The van der Waals surface area contributed by atoms with Crippen LogP contribution in [0.3, 0.4) is 0 Å². The van der Waals surface area contributed by atoms with Crippen LogP contribution in [0.25, 0.3) is 0 Å². The molecule has 0 aromatic heterocycles. The molecule has 0 unspecified atom stereocenters. The summed E-state index contributed by atoms with van der Waals surface area (Å²) in [6, 6.07) is 3.98. The molecule has 0 spiro atoms. The van der Waals surface area contributed by atoms with Crippen LogP contribution in [0.4, 0.5) is 15.8 Å². The average Bonchev–Trinajstić information content (AvgIpc) is 2.35. The number of alkyl halides is 1. The topological polar surface area (TPSA) is 84.3 Å². The Kier molecular flexibility index (Phi) is 4.38. The summed E-state index contributed by atoms with van der Waals surface area (Å²) in [6.07, 6.45) is 0. The van der Waals surface area contributed by atoms with Crippen LogP contribution in [-0.4, -0.2) is 31.1 Å². The third kappa shape index (κ3) is 3.13. The van der Waals surface area contributed by atoms with Crippen molar-refractivity contribution in [2.75, 3.05) is 25.6 Å². The number of amides is 1. The van der Waals surface area contributed by atoms with Crippen LogP contribution in [0.15, 0.2) is 18.2 Å². The first-order chi connectivity index (χ1) is 8.10. The maximum Gasteiger partial charge on any atom is 0.293 e. The lowest BCUT2D eigenvalue weighted by molar-refractivity contribution is -0.384. The molecule has 0 heterocycles. The fraction of sp³-hybridized carbons (Fsp3) is 0.300. The molecule has 1 amide bonds. The molecule has 0 bridgehead atoms. The molecule has 6 nitrogen and oxygen atoms in total. The third-order valence-electron chi connectivity index (χ3n) is 2.09. The highest BCUT2D eigenvalue weighted by Crippen LogP contribution is 2.25. The lowest BCUT2D eigenvalue weighted by Gasteiger charge is -2.06. The van der Waals surface area contributed by atoms with Crippen molar-refractivity contribution in [3.63, 3.8) is 0 Å². The van der Waals surface area contributed by atoms with Gasteiger partial charge in [0.1, 0.15) is 12.4 Å². The van der Waals surface area contributed by atoms with Crippen molar-refractivity contribution in [1.29, 1.82) is 0 Å². The van der Waals surface area contributed by atoms with Gasteiger partial charge < -0.3 is 10.6 Å². The predicted molar refractivity (Wildman–Crippen MR) is 61.0 cm³/mol. The van der Waals surface area contributed by atoms with E-state index >= 15 is 0 Å². The van der Waals surface area contributed by atoms with Crippen LogP contribution < -0.4 is 10.6 Å². The Morgan fingerprint density at radius 1 is 1.53 bits per heavy atom. The number of nitrogens with zero attached hydrogens (tertiary/aromatic N) is 1. The van der Waals surface area contributed by atoms with Crippen molar-refractivity contribution in [3.05, 3.63) is 33.9 Å². The molecule has 0 aliphatic heterocycles. The second kappa shape index (κ2) is 5.78. The van der Waals surface area contributed by atoms with Gasteiger partial charge in [0, 0.05) is 25.2 Å². The highest BCUT2D eigenvalue weighted by Gasteiger charge is 2.16. The van der Waals surface area contributed by atoms with Crippen LogP contribution in [-0.2, 0) is 0 Å². The minimum atomic E-state index is -0.631. The highest BCUT2D eigenvalue weighted by atomic mass is 19.1. The Morgan fingerprint density at radius 2 is 2.24 bits per heavy atom. The van der Waals surface area contributed by atoms with Gasteiger partial charge in [0.2, 0.25) is 0 Å². The van der Waals surface area contributed by atoms with E-state index in [4.69, 9.17) is 0 Å². The summed E-state index contributed by atoms with van der Waals surface area (Å²) in [5.41, 5.74) is 0.129. The van der Waals surface area contributed by atoms with Crippen molar-refractivity contribution in [1.82, 2.24) is 5.32 Å². The lowest BCUT2D eigenvalue weighted by Crippen LogP contribution is -2.18. The monoisotopic (exact) mass is 241 g/mol. The second-order valence-electron chi connectivity index (χ2n) is 3.18. The van der Waals surface area contributed by atoms with Gasteiger partial charge in [-0.15, -0.1) is 0 Å². The van der Waals surface area contributed by atoms with Crippen LogP contribution in [0, 0.1) is 10.1 Å². The smallest absolute Gasteiger partial charge is 0.293 e. The van der Waals surface area contributed by atoms with E-state index in [1.54, 1.807) is 0 Å². The van der Waals surface area contributed by atoms with Gasteiger partial charge >= 0.3 is 0 Å². The summed E-state index contributed by atoms with van der Waals surface area (Å²) in [5, 5.41) is 15.7. The first-order valence-corrected chi connectivity index (χ1v) is 4.90. The number of carbonyl (C=O) groups is 1. The van der Waals surface area contributed by atoms with Crippen molar-refractivity contribution in [2.45, 2.75) is 0 Å². The average molecular weight is 241 g/mol. The van der Waals surface area contributed by atoms with E-state index in [1.165, 1.54) is 19.2 Å². The SMILES string of the molecule is CNC(=O)c1ccc(NCCF)c([N+](=O)[O-])c1. The zero-order valence-corrected chi connectivity index (χ0v) is 9.20. The van der Waals surface area contributed by atoms with E-state index in [9.17, 15) is 19.3 Å². The molecule has 17 heavy (non-hydrogen) atoms. The van der Waals surface area contributed by atoms with Crippen molar-refractivity contribution < 1.29 is 14.1 Å². The predicted octanol–water partition coefficient (Wildman–Crippen LogP) is 1.34. The van der Waals surface area contributed by atoms with Gasteiger partial charge in [0.25, 0.3) is 11.6 Å². The summed E-state index contributed by atoms with van der Waals surface area (Å²) in [6.45, 7) is -0.644. The number of nitro groups is 1. The number of nitro benzene ring substituents is 1. The lowest BCUT2D eigenvalue weighted by atomic mass is 10.1. The molecule has 0 atom stereocenters. The Morgan fingerprint density at radius 3 is 2.76 bits per heavy atom. The fourth-order valence-electron chi connectivity index (χ4n) is 1.30. The number of hydrogen-bond acceptors (Lipinski definition) is 4. The summed E-state index contributed by atoms with van der Waals surface area (Å²) in [7, 11) is 1.43. The van der Waals surface area contributed by atoms with E-state index in [0.29, 0.717) is 0 Å². The first-order valence-electron chi connectivity index (χ1n) is 4.90. The van der Waals surface area contributed by atoms with Crippen molar-refractivity contribution in [3.8, 4) is 0 Å². The molecule has 2 N–H and O–H groups in total. The number of hydrogen-bond donors (Lipinski definition) is 2. The summed E-state index contributed by atoms with van der Waals surface area (Å²) in [5.74, 6) is -0.412. The molecule has 1 aromatic rings.